The fraction of sp³-hybridized carbons (Fsp3) is 0.500. The Morgan fingerprint density at radius 2 is 2.30 bits per heavy atom. The number of nitrogen functional groups attached to an aromatic ring is 1. The van der Waals surface area contributed by atoms with Crippen LogP contribution in [0.3, 0.4) is 0 Å². The maximum Gasteiger partial charge on any atom is 0.223 e. The van der Waals surface area contributed by atoms with E-state index >= 15 is 0 Å². The lowest BCUT2D eigenvalue weighted by Crippen LogP contribution is -2.24. The van der Waals surface area contributed by atoms with Crippen molar-refractivity contribution in [2.24, 2.45) is 5.14 Å². The number of imidazole rings is 1. The minimum atomic E-state index is -0.731. The third-order valence-corrected chi connectivity index (χ3v) is 3.72. The van der Waals surface area contributed by atoms with Crippen LogP contribution in [-0.2, 0) is 4.74 Å². The normalized spacial score (nSPS) is 26.4. The highest BCUT2D eigenvalue weighted by atomic mass is 32.2. The molecule has 0 saturated carbocycles. The molecule has 1 aliphatic heterocycles. The zero-order valence-electron chi connectivity index (χ0n) is 10.4. The first-order valence-electron chi connectivity index (χ1n) is 5.95. The lowest BCUT2D eigenvalue weighted by atomic mass is 10.2. The van der Waals surface area contributed by atoms with E-state index < -0.39 is 18.4 Å². The van der Waals surface area contributed by atoms with Crippen LogP contribution in [0.2, 0.25) is 0 Å². The topological polar surface area (TPSA) is 145 Å². The molecule has 0 amide bonds. The SMILES string of the molecule is NSc1nc(N)nc2c1ncn2[C@@H]1C[C@H](O)[C@@H](CO)O1. The quantitative estimate of drug-likeness (QED) is 0.414. The van der Waals surface area contributed by atoms with Crippen molar-refractivity contribution >= 4 is 29.1 Å². The Kier molecular flexibility index (Phi) is 3.48. The molecule has 108 valence electrons. The molecule has 3 rings (SSSR count). The van der Waals surface area contributed by atoms with Gasteiger partial charge in [0.05, 0.1) is 19.0 Å². The molecule has 2 aromatic heterocycles. The molecule has 0 bridgehead atoms. The number of nitrogens with zero attached hydrogens (tertiary/aromatic N) is 4. The van der Waals surface area contributed by atoms with Gasteiger partial charge in [0.2, 0.25) is 5.95 Å². The molecule has 20 heavy (non-hydrogen) atoms. The number of aliphatic hydroxyl groups is 2. The maximum absolute atomic E-state index is 9.79. The van der Waals surface area contributed by atoms with Gasteiger partial charge in [-0.05, 0) is 11.9 Å². The lowest BCUT2D eigenvalue weighted by Gasteiger charge is -2.13. The van der Waals surface area contributed by atoms with Crippen molar-refractivity contribution in [1.82, 2.24) is 19.5 Å². The molecule has 0 spiro atoms. The highest BCUT2D eigenvalue weighted by Gasteiger charge is 2.35. The zero-order valence-corrected chi connectivity index (χ0v) is 11.2. The monoisotopic (exact) mass is 298 g/mol. The summed E-state index contributed by atoms with van der Waals surface area (Å²) in [5, 5.41) is 24.9. The first-order chi connectivity index (χ1) is 9.63. The Morgan fingerprint density at radius 3 is 2.95 bits per heavy atom. The Bertz CT molecular complexity index is 635. The molecule has 0 radical (unpaired) electrons. The molecule has 9 nitrogen and oxygen atoms in total. The molecule has 3 atom stereocenters. The fourth-order valence-corrected chi connectivity index (χ4v) is 2.65. The lowest BCUT2D eigenvalue weighted by molar-refractivity contribution is -0.0432. The number of rotatable bonds is 3. The second-order valence-corrected chi connectivity index (χ2v) is 5.07. The van der Waals surface area contributed by atoms with Gasteiger partial charge in [-0.3, -0.25) is 9.71 Å². The number of aromatic nitrogens is 4. The average Bonchev–Trinajstić information content (AvgIpc) is 3.00. The molecule has 1 saturated heterocycles. The number of nitrogens with two attached hydrogens (primary N) is 2. The summed E-state index contributed by atoms with van der Waals surface area (Å²) in [5.74, 6) is 0.0875. The van der Waals surface area contributed by atoms with E-state index in [9.17, 15) is 5.11 Å². The molecule has 1 aliphatic rings. The second kappa shape index (κ2) is 5.14. The van der Waals surface area contributed by atoms with Crippen molar-refractivity contribution in [3.63, 3.8) is 0 Å². The van der Waals surface area contributed by atoms with Crippen molar-refractivity contribution in [2.75, 3.05) is 12.3 Å². The van der Waals surface area contributed by atoms with Crippen LogP contribution in [0.1, 0.15) is 12.6 Å². The van der Waals surface area contributed by atoms with Gasteiger partial charge in [0.1, 0.15) is 22.9 Å². The van der Waals surface area contributed by atoms with Gasteiger partial charge in [-0.15, -0.1) is 0 Å². The minimum absolute atomic E-state index is 0.0875. The van der Waals surface area contributed by atoms with E-state index in [1.807, 2.05) is 0 Å². The van der Waals surface area contributed by atoms with Crippen LogP contribution in [0.25, 0.3) is 11.2 Å². The molecular weight excluding hydrogens is 284 g/mol. The van der Waals surface area contributed by atoms with E-state index in [2.05, 4.69) is 15.0 Å². The van der Waals surface area contributed by atoms with Gasteiger partial charge in [-0.25, -0.2) is 9.97 Å². The number of anilines is 1. The van der Waals surface area contributed by atoms with E-state index in [1.54, 1.807) is 4.57 Å². The molecule has 3 heterocycles. The summed E-state index contributed by atoms with van der Waals surface area (Å²) in [6.07, 6.45) is 0.0727. The smallest absolute Gasteiger partial charge is 0.223 e. The van der Waals surface area contributed by atoms with Crippen molar-refractivity contribution < 1.29 is 14.9 Å². The Morgan fingerprint density at radius 1 is 1.50 bits per heavy atom. The minimum Gasteiger partial charge on any atom is -0.394 e. The number of hydrogen-bond acceptors (Lipinski definition) is 9. The van der Waals surface area contributed by atoms with E-state index in [4.69, 9.17) is 20.7 Å². The first-order valence-corrected chi connectivity index (χ1v) is 6.83. The van der Waals surface area contributed by atoms with Crippen LogP contribution in [0, 0.1) is 0 Å². The Labute approximate surface area is 118 Å². The van der Waals surface area contributed by atoms with Crippen LogP contribution < -0.4 is 10.9 Å². The molecule has 1 fully saturated rings. The van der Waals surface area contributed by atoms with Crippen molar-refractivity contribution in [2.45, 2.75) is 29.9 Å². The Balaban J connectivity index is 2.03. The predicted octanol–water partition coefficient (Wildman–Crippen LogP) is -0.985. The summed E-state index contributed by atoms with van der Waals surface area (Å²) in [6, 6.07) is 0. The molecule has 2 aromatic rings. The predicted molar refractivity (Wildman–Crippen MR) is 71.4 cm³/mol. The number of fused-ring (bicyclic) bond motifs is 1. The standard InChI is InChI=1S/C10H14N6O3S/c11-10-14-8-7(9(15-10)20-12)13-3-16(8)6-1-4(18)5(2-17)19-6/h3-6,17-18H,1-2,12H2,(H2,11,14,15)/t4-,5+,6-/m0/s1. The molecule has 0 unspecified atom stereocenters. The Hall–Kier alpha value is -1.46. The van der Waals surface area contributed by atoms with Crippen molar-refractivity contribution in [3.05, 3.63) is 6.33 Å². The molecule has 6 N–H and O–H groups in total. The van der Waals surface area contributed by atoms with E-state index in [0.717, 1.165) is 11.9 Å². The van der Waals surface area contributed by atoms with Gasteiger partial charge < -0.3 is 20.7 Å². The zero-order chi connectivity index (χ0) is 14.3. The van der Waals surface area contributed by atoms with Crippen LogP contribution >= 0.6 is 11.9 Å². The highest BCUT2D eigenvalue weighted by Crippen LogP contribution is 2.32. The van der Waals surface area contributed by atoms with E-state index in [1.165, 1.54) is 6.33 Å². The average molecular weight is 298 g/mol. The summed E-state index contributed by atoms with van der Waals surface area (Å²) in [5.41, 5.74) is 6.66. The molecule has 10 heteroatoms. The number of hydrogen-bond donors (Lipinski definition) is 4. The summed E-state index contributed by atoms with van der Waals surface area (Å²) >= 11 is 0.937. The van der Waals surface area contributed by atoms with Crippen LogP contribution in [0.15, 0.2) is 11.4 Å². The van der Waals surface area contributed by atoms with Gasteiger partial charge >= 0.3 is 0 Å². The van der Waals surface area contributed by atoms with E-state index in [-0.39, 0.29) is 12.6 Å². The summed E-state index contributed by atoms with van der Waals surface area (Å²) in [6.45, 7) is -0.245. The first kappa shape index (κ1) is 13.5. The van der Waals surface area contributed by atoms with Crippen molar-refractivity contribution in [1.29, 1.82) is 0 Å². The van der Waals surface area contributed by atoms with Gasteiger partial charge in [-0.2, -0.15) is 4.98 Å². The second-order valence-electron chi connectivity index (χ2n) is 4.44. The largest absolute Gasteiger partial charge is 0.394 e. The van der Waals surface area contributed by atoms with Gasteiger partial charge in [0, 0.05) is 6.42 Å². The summed E-state index contributed by atoms with van der Waals surface area (Å²) in [4.78, 5) is 12.4. The van der Waals surface area contributed by atoms with Gasteiger partial charge in [0.25, 0.3) is 0 Å². The van der Waals surface area contributed by atoms with Crippen molar-refractivity contribution in [3.8, 4) is 0 Å². The molecule has 0 aliphatic carbocycles. The van der Waals surface area contributed by atoms with Gasteiger partial charge in [-0.1, -0.05) is 0 Å². The number of ether oxygens (including phenoxy) is 1. The van der Waals surface area contributed by atoms with Crippen LogP contribution in [-0.4, -0.2) is 48.5 Å². The summed E-state index contributed by atoms with van der Waals surface area (Å²) in [7, 11) is 0. The van der Waals surface area contributed by atoms with Crippen LogP contribution in [0.4, 0.5) is 5.95 Å². The van der Waals surface area contributed by atoms with E-state index in [0.29, 0.717) is 22.6 Å². The number of aliphatic hydroxyl groups excluding tert-OH is 2. The highest BCUT2D eigenvalue weighted by molar-refractivity contribution is 7.97. The molecule has 0 aromatic carbocycles. The summed E-state index contributed by atoms with van der Waals surface area (Å²) < 4.78 is 7.23. The third kappa shape index (κ3) is 2.11. The third-order valence-electron chi connectivity index (χ3n) is 3.21. The van der Waals surface area contributed by atoms with Gasteiger partial charge in [0.15, 0.2) is 5.65 Å². The molecular formula is C10H14N6O3S. The maximum atomic E-state index is 9.79. The fourth-order valence-electron chi connectivity index (χ4n) is 2.25. The van der Waals surface area contributed by atoms with Crippen LogP contribution in [0.5, 0.6) is 0 Å².